The molecule has 1 aromatic rings. The van der Waals surface area contributed by atoms with Gasteiger partial charge < -0.3 is 14.4 Å². The molecule has 0 aromatic carbocycles. The van der Waals surface area contributed by atoms with Crippen LogP contribution in [0.25, 0.3) is 0 Å². The first-order chi connectivity index (χ1) is 13.0. The van der Waals surface area contributed by atoms with E-state index in [1.807, 2.05) is 13.0 Å². The van der Waals surface area contributed by atoms with Gasteiger partial charge in [0.05, 0.1) is 0 Å². The Kier molecular flexibility index (Phi) is 5.40. The number of piperidine rings is 1. The monoisotopic (exact) mass is 371 g/mol. The normalized spacial score (nSPS) is 26.5. The summed E-state index contributed by atoms with van der Waals surface area (Å²) >= 11 is 0. The van der Waals surface area contributed by atoms with Crippen LogP contribution < -0.4 is 5.56 Å². The maximum Gasteiger partial charge on any atom is 0.250 e. The van der Waals surface area contributed by atoms with Gasteiger partial charge in [0.25, 0.3) is 5.56 Å². The quantitative estimate of drug-likeness (QED) is 0.799. The molecule has 3 fully saturated rings. The van der Waals surface area contributed by atoms with E-state index in [0.29, 0.717) is 18.4 Å². The Morgan fingerprint density at radius 2 is 2.00 bits per heavy atom. The number of likely N-dealkylation sites (tertiary alicyclic amines) is 2. The highest BCUT2D eigenvalue weighted by molar-refractivity contribution is 5.76. The highest BCUT2D eigenvalue weighted by Crippen LogP contribution is 2.40. The van der Waals surface area contributed by atoms with E-state index in [-0.39, 0.29) is 11.5 Å². The highest BCUT2D eigenvalue weighted by Gasteiger charge is 2.43. The summed E-state index contributed by atoms with van der Waals surface area (Å²) in [6, 6.07) is 5.27. The van der Waals surface area contributed by atoms with Crippen LogP contribution in [-0.4, -0.2) is 53.0 Å². The van der Waals surface area contributed by atoms with Gasteiger partial charge in [0.1, 0.15) is 0 Å². The van der Waals surface area contributed by atoms with Crippen molar-refractivity contribution >= 4 is 5.91 Å². The summed E-state index contributed by atoms with van der Waals surface area (Å²) in [7, 11) is 0. The molecule has 1 saturated carbocycles. The molecule has 27 heavy (non-hydrogen) atoms. The third-order valence-electron chi connectivity index (χ3n) is 7.09. The number of hydrogen-bond acceptors (Lipinski definition) is 3. The minimum Gasteiger partial charge on any atom is -0.342 e. The lowest BCUT2D eigenvalue weighted by atomic mass is 9.78. The fourth-order valence-corrected chi connectivity index (χ4v) is 5.26. The Morgan fingerprint density at radius 1 is 1.15 bits per heavy atom. The Hall–Kier alpha value is -1.62. The second-order valence-corrected chi connectivity index (χ2v) is 9.11. The van der Waals surface area contributed by atoms with E-state index in [9.17, 15) is 9.59 Å². The van der Waals surface area contributed by atoms with Crippen molar-refractivity contribution in [1.82, 2.24) is 14.4 Å². The van der Waals surface area contributed by atoms with Crippen LogP contribution in [0.5, 0.6) is 0 Å². The zero-order valence-corrected chi connectivity index (χ0v) is 16.7. The predicted octanol–water partition coefficient (Wildman–Crippen LogP) is 2.66. The topological polar surface area (TPSA) is 45.6 Å². The van der Waals surface area contributed by atoms with E-state index < -0.39 is 0 Å². The highest BCUT2D eigenvalue weighted by atomic mass is 16.2. The predicted molar refractivity (Wildman–Crippen MR) is 107 cm³/mol. The van der Waals surface area contributed by atoms with Crippen molar-refractivity contribution in [3.63, 3.8) is 0 Å². The number of pyridine rings is 1. The summed E-state index contributed by atoms with van der Waals surface area (Å²) in [5, 5.41) is 0. The minimum atomic E-state index is -0.0143. The molecule has 0 radical (unpaired) electrons. The first kappa shape index (κ1) is 18.7. The van der Waals surface area contributed by atoms with Crippen molar-refractivity contribution in [2.45, 2.75) is 58.4 Å². The van der Waals surface area contributed by atoms with Gasteiger partial charge in [0, 0.05) is 56.3 Å². The fraction of sp³-hybridized carbons (Fsp3) is 0.727. The lowest BCUT2D eigenvalue weighted by molar-refractivity contribution is -0.131. The maximum atomic E-state index is 12.8. The molecule has 2 saturated heterocycles. The molecule has 0 unspecified atom stereocenters. The van der Waals surface area contributed by atoms with Crippen LogP contribution in [0.1, 0.15) is 50.6 Å². The van der Waals surface area contributed by atoms with Crippen LogP contribution in [-0.2, 0) is 11.3 Å². The lowest BCUT2D eigenvalue weighted by Gasteiger charge is -2.43. The second-order valence-electron chi connectivity index (χ2n) is 9.11. The molecular weight excluding hydrogens is 338 g/mol. The summed E-state index contributed by atoms with van der Waals surface area (Å²) < 4.78 is 1.71. The van der Waals surface area contributed by atoms with Crippen LogP contribution in [0, 0.1) is 18.3 Å². The average molecular weight is 372 g/mol. The van der Waals surface area contributed by atoms with Gasteiger partial charge in [-0.3, -0.25) is 9.59 Å². The van der Waals surface area contributed by atoms with Crippen molar-refractivity contribution in [2.24, 2.45) is 11.3 Å². The van der Waals surface area contributed by atoms with Crippen molar-refractivity contribution in [3.05, 3.63) is 34.2 Å². The molecular formula is C22H33N3O2. The third kappa shape index (κ3) is 4.13. The van der Waals surface area contributed by atoms with Gasteiger partial charge in [0.2, 0.25) is 5.91 Å². The molecule has 5 heteroatoms. The molecule has 1 aromatic heterocycles. The van der Waals surface area contributed by atoms with Gasteiger partial charge in [-0.15, -0.1) is 0 Å². The summed E-state index contributed by atoms with van der Waals surface area (Å²) in [6.07, 6.45) is 8.33. The first-order valence-corrected chi connectivity index (χ1v) is 10.7. The van der Waals surface area contributed by atoms with Gasteiger partial charge >= 0.3 is 0 Å². The van der Waals surface area contributed by atoms with E-state index in [1.54, 1.807) is 16.7 Å². The third-order valence-corrected chi connectivity index (χ3v) is 7.09. The number of hydrogen-bond donors (Lipinski definition) is 0. The zero-order chi connectivity index (χ0) is 18.9. The Labute approximate surface area is 162 Å². The Morgan fingerprint density at radius 3 is 2.74 bits per heavy atom. The van der Waals surface area contributed by atoms with Crippen molar-refractivity contribution < 1.29 is 4.79 Å². The molecule has 3 aliphatic rings. The number of rotatable bonds is 5. The second kappa shape index (κ2) is 7.78. The Balaban J connectivity index is 1.31. The molecule has 5 nitrogen and oxygen atoms in total. The van der Waals surface area contributed by atoms with Gasteiger partial charge in [0.15, 0.2) is 0 Å². The lowest BCUT2D eigenvalue weighted by Crippen LogP contribution is -2.47. The van der Waals surface area contributed by atoms with E-state index in [4.69, 9.17) is 0 Å². The number of aromatic nitrogens is 1. The van der Waals surface area contributed by atoms with Crippen molar-refractivity contribution in [1.29, 1.82) is 0 Å². The van der Waals surface area contributed by atoms with Crippen LogP contribution >= 0.6 is 0 Å². The van der Waals surface area contributed by atoms with Gasteiger partial charge in [-0.05, 0) is 57.6 Å². The molecule has 1 atom stereocenters. The first-order valence-electron chi connectivity index (χ1n) is 10.7. The van der Waals surface area contributed by atoms with Crippen LogP contribution in [0.3, 0.4) is 0 Å². The fourth-order valence-electron chi connectivity index (χ4n) is 5.26. The average Bonchev–Trinajstić information content (AvgIpc) is 3.01. The van der Waals surface area contributed by atoms with E-state index in [1.165, 1.54) is 51.7 Å². The summed E-state index contributed by atoms with van der Waals surface area (Å²) in [4.78, 5) is 29.5. The summed E-state index contributed by atoms with van der Waals surface area (Å²) in [5.74, 6) is 1.13. The van der Waals surface area contributed by atoms with Crippen molar-refractivity contribution in [2.75, 3.05) is 32.7 Å². The molecule has 3 heterocycles. The molecule has 1 aliphatic carbocycles. The van der Waals surface area contributed by atoms with Gasteiger partial charge in [-0.2, -0.15) is 0 Å². The van der Waals surface area contributed by atoms with Gasteiger partial charge in [-0.25, -0.2) is 0 Å². The molecule has 4 rings (SSSR count). The smallest absolute Gasteiger partial charge is 0.250 e. The van der Waals surface area contributed by atoms with E-state index in [2.05, 4.69) is 9.80 Å². The number of amides is 1. The van der Waals surface area contributed by atoms with Crippen LogP contribution in [0.15, 0.2) is 23.0 Å². The van der Waals surface area contributed by atoms with Gasteiger partial charge in [-0.1, -0.05) is 12.5 Å². The number of carbonyl (C=O) groups excluding carboxylic acids is 1. The molecule has 0 N–H and O–H groups in total. The summed E-state index contributed by atoms with van der Waals surface area (Å²) in [6.45, 7) is 7.89. The molecule has 1 spiro atoms. The van der Waals surface area contributed by atoms with Crippen molar-refractivity contribution in [3.8, 4) is 0 Å². The maximum absolute atomic E-state index is 12.8. The SMILES string of the molecule is Cc1cccc(=O)n1CCC(=O)N1CC[C@]2(CCCN(CC3CCC3)C2)C1. The molecule has 0 bridgehead atoms. The molecule has 148 valence electrons. The standard InChI is InChI=1S/C22H33N3O2/c1-18-5-2-8-21(27)25(18)13-9-20(26)24-14-11-22(17-24)10-4-12-23(16-22)15-19-6-3-7-19/h2,5,8,19H,3-4,6-7,9-17H2,1H3/t22-/m0/s1. The largest absolute Gasteiger partial charge is 0.342 e. The minimum absolute atomic E-state index is 0.0143. The number of nitrogens with zero attached hydrogens (tertiary/aromatic N) is 3. The van der Waals surface area contributed by atoms with Crippen LogP contribution in [0.4, 0.5) is 0 Å². The number of carbonyl (C=O) groups is 1. The summed E-state index contributed by atoms with van der Waals surface area (Å²) in [5.41, 5.74) is 1.23. The molecule has 1 amide bonds. The zero-order valence-electron chi connectivity index (χ0n) is 16.7. The van der Waals surface area contributed by atoms with E-state index >= 15 is 0 Å². The van der Waals surface area contributed by atoms with E-state index in [0.717, 1.165) is 31.1 Å². The Bertz CT molecular complexity index is 739. The van der Waals surface area contributed by atoms with Crippen LogP contribution in [0.2, 0.25) is 0 Å². The molecule has 2 aliphatic heterocycles. The number of aryl methyl sites for hydroxylation is 1.